The summed E-state index contributed by atoms with van der Waals surface area (Å²) in [6, 6.07) is 2.16. The minimum Gasteiger partial charge on any atom is -0.356 e. The summed E-state index contributed by atoms with van der Waals surface area (Å²) < 4.78 is 2.01. The Morgan fingerprint density at radius 2 is 2.33 bits per heavy atom. The summed E-state index contributed by atoms with van der Waals surface area (Å²) in [5.41, 5.74) is 1.36. The van der Waals surface area contributed by atoms with Crippen molar-refractivity contribution in [2.24, 2.45) is 4.99 Å². The smallest absolute Gasteiger partial charge is 0.191 e. The van der Waals surface area contributed by atoms with Gasteiger partial charge in [-0.2, -0.15) is 11.3 Å². The number of aliphatic imine (C=N–C) groups is 1. The molecule has 2 aromatic rings. The molecule has 114 valence electrons. The van der Waals surface area contributed by atoms with Crippen molar-refractivity contribution in [2.75, 3.05) is 13.6 Å². The van der Waals surface area contributed by atoms with Gasteiger partial charge in [-0.15, -0.1) is 10.2 Å². The average molecular weight is 306 g/mol. The fourth-order valence-corrected chi connectivity index (χ4v) is 2.77. The largest absolute Gasteiger partial charge is 0.356 e. The van der Waals surface area contributed by atoms with Gasteiger partial charge in [0.2, 0.25) is 0 Å². The molecule has 2 N–H and O–H groups in total. The number of aromatic nitrogens is 3. The Labute approximate surface area is 129 Å². The molecule has 0 bridgehead atoms. The zero-order chi connectivity index (χ0) is 15.1. The van der Waals surface area contributed by atoms with Crippen molar-refractivity contribution in [3.8, 4) is 0 Å². The van der Waals surface area contributed by atoms with Gasteiger partial charge in [0.15, 0.2) is 11.8 Å². The predicted octanol–water partition coefficient (Wildman–Crippen LogP) is 1.83. The molecule has 0 aliphatic rings. The third-order valence-electron chi connectivity index (χ3n) is 3.36. The molecular formula is C14H22N6S. The number of thiophene rings is 1. The summed E-state index contributed by atoms with van der Waals surface area (Å²) >= 11 is 1.73. The quantitative estimate of drug-likeness (QED) is 0.631. The highest BCUT2D eigenvalue weighted by molar-refractivity contribution is 7.07. The van der Waals surface area contributed by atoms with Gasteiger partial charge in [-0.25, -0.2) is 0 Å². The van der Waals surface area contributed by atoms with Crippen molar-refractivity contribution in [1.82, 2.24) is 25.4 Å². The minimum atomic E-state index is 0.453. The van der Waals surface area contributed by atoms with Crippen molar-refractivity contribution < 1.29 is 0 Å². The van der Waals surface area contributed by atoms with E-state index in [0.29, 0.717) is 12.5 Å². The van der Waals surface area contributed by atoms with Gasteiger partial charge in [0.25, 0.3) is 0 Å². The standard InChI is InChI=1S/C14H22N6S/c1-4-20-10-18-19-13(20)8-17-14(15-3)16-7-11(2)12-5-6-21-9-12/h5-6,9-11H,4,7-8H2,1-3H3,(H2,15,16,17). The first-order valence-electron chi connectivity index (χ1n) is 7.07. The second-order valence-electron chi connectivity index (χ2n) is 4.80. The zero-order valence-corrected chi connectivity index (χ0v) is 13.5. The van der Waals surface area contributed by atoms with Gasteiger partial charge in [0, 0.05) is 20.1 Å². The van der Waals surface area contributed by atoms with Gasteiger partial charge < -0.3 is 15.2 Å². The summed E-state index contributed by atoms with van der Waals surface area (Å²) in [6.45, 7) is 6.60. The van der Waals surface area contributed by atoms with Gasteiger partial charge in [-0.05, 0) is 35.2 Å². The molecule has 0 saturated heterocycles. The number of hydrogen-bond acceptors (Lipinski definition) is 4. The molecule has 0 fully saturated rings. The van der Waals surface area contributed by atoms with E-state index in [9.17, 15) is 0 Å². The highest BCUT2D eigenvalue weighted by atomic mass is 32.1. The highest BCUT2D eigenvalue weighted by Gasteiger charge is 2.08. The Bertz CT molecular complexity index is 560. The summed E-state index contributed by atoms with van der Waals surface area (Å²) in [5, 5.41) is 18.9. The van der Waals surface area contributed by atoms with Gasteiger partial charge in [0.1, 0.15) is 6.33 Å². The number of aryl methyl sites for hydroxylation is 1. The van der Waals surface area contributed by atoms with Crippen LogP contribution in [0.4, 0.5) is 0 Å². The monoisotopic (exact) mass is 306 g/mol. The first-order chi connectivity index (χ1) is 10.2. The highest BCUT2D eigenvalue weighted by Crippen LogP contribution is 2.16. The fraction of sp³-hybridized carbons (Fsp3) is 0.500. The van der Waals surface area contributed by atoms with Crippen molar-refractivity contribution in [3.05, 3.63) is 34.5 Å². The van der Waals surface area contributed by atoms with Gasteiger partial charge in [-0.1, -0.05) is 6.92 Å². The molecule has 0 amide bonds. The third-order valence-corrected chi connectivity index (χ3v) is 4.06. The van der Waals surface area contributed by atoms with E-state index in [2.05, 4.69) is 56.5 Å². The Morgan fingerprint density at radius 1 is 1.48 bits per heavy atom. The molecule has 2 aromatic heterocycles. The average Bonchev–Trinajstić information content (AvgIpc) is 3.18. The fourth-order valence-electron chi connectivity index (χ4n) is 1.99. The maximum Gasteiger partial charge on any atom is 0.191 e. The van der Waals surface area contributed by atoms with E-state index in [0.717, 1.165) is 24.9 Å². The van der Waals surface area contributed by atoms with Crippen molar-refractivity contribution in [3.63, 3.8) is 0 Å². The maximum atomic E-state index is 4.24. The van der Waals surface area contributed by atoms with Crippen molar-refractivity contribution >= 4 is 17.3 Å². The van der Waals surface area contributed by atoms with Gasteiger partial charge in [-0.3, -0.25) is 4.99 Å². The Hall–Kier alpha value is -1.89. The second kappa shape index (κ2) is 7.78. The lowest BCUT2D eigenvalue weighted by Crippen LogP contribution is -2.39. The van der Waals surface area contributed by atoms with Crippen LogP contribution >= 0.6 is 11.3 Å². The molecule has 0 radical (unpaired) electrons. The normalized spacial score (nSPS) is 13.2. The van der Waals surface area contributed by atoms with Crippen LogP contribution in [-0.2, 0) is 13.1 Å². The van der Waals surface area contributed by atoms with Crippen LogP contribution in [0.25, 0.3) is 0 Å². The minimum absolute atomic E-state index is 0.453. The predicted molar refractivity (Wildman–Crippen MR) is 86.6 cm³/mol. The first-order valence-corrected chi connectivity index (χ1v) is 8.02. The van der Waals surface area contributed by atoms with E-state index in [4.69, 9.17) is 0 Å². The van der Waals surface area contributed by atoms with Gasteiger partial charge in [0.05, 0.1) is 6.54 Å². The number of rotatable bonds is 6. The zero-order valence-electron chi connectivity index (χ0n) is 12.7. The molecule has 1 atom stereocenters. The molecule has 0 aliphatic carbocycles. The van der Waals surface area contributed by atoms with Crippen LogP contribution in [0, 0.1) is 0 Å². The van der Waals surface area contributed by atoms with Crippen LogP contribution in [-0.4, -0.2) is 34.3 Å². The number of nitrogens with zero attached hydrogens (tertiary/aromatic N) is 4. The van der Waals surface area contributed by atoms with E-state index in [-0.39, 0.29) is 0 Å². The molecule has 2 heterocycles. The van der Waals surface area contributed by atoms with Crippen molar-refractivity contribution in [1.29, 1.82) is 0 Å². The van der Waals surface area contributed by atoms with Crippen LogP contribution in [0.15, 0.2) is 28.1 Å². The SMILES string of the molecule is CCn1cnnc1CNC(=NC)NCC(C)c1ccsc1. The van der Waals surface area contributed by atoms with E-state index in [1.807, 2.05) is 4.57 Å². The van der Waals surface area contributed by atoms with Gasteiger partial charge >= 0.3 is 0 Å². The van der Waals surface area contributed by atoms with Crippen LogP contribution in [0.3, 0.4) is 0 Å². The molecule has 21 heavy (non-hydrogen) atoms. The molecular weight excluding hydrogens is 284 g/mol. The molecule has 6 nitrogen and oxygen atoms in total. The lowest BCUT2D eigenvalue weighted by Gasteiger charge is -2.15. The molecule has 0 aliphatic heterocycles. The van der Waals surface area contributed by atoms with E-state index < -0.39 is 0 Å². The Balaban J connectivity index is 1.81. The molecule has 0 saturated carbocycles. The van der Waals surface area contributed by atoms with E-state index >= 15 is 0 Å². The lowest BCUT2D eigenvalue weighted by molar-refractivity contribution is 0.659. The summed E-state index contributed by atoms with van der Waals surface area (Å²) in [5.74, 6) is 2.14. The summed E-state index contributed by atoms with van der Waals surface area (Å²) in [7, 11) is 1.77. The summed E-state index contributed by atoms with van der Waals surface area (Å²) in [6.07, 6.45) is 1.74. The van der Waals surface area contributed by atoms with Crippen LogP contribution in [0.5, 0.6) is 0 Å². The topological polar surface area (TPSA) is 67.1 Å². The molecule has 2 rings (SSSR count). The molecule has 0 spiro atoms. The number of guanidine groups is 1. The third kappa shape index (κ3) is 4.29. The Kier molecular flexibility index (Phi) is 5.74. The Morgan fingerprint density at radius 3 is 3.00 bits per heavy atom. The van der Waals surface area contributed by atoms with Crippen LogP contribution in [0.1, 0.15) is 31.2 Å². The molecule has 1 unspecified atom stereocenters. The first kappa shape index (κ1) is 15.5. The van der Waals surface area contributed by atoms with E-state index in [1.54, 1.807) is 24.7 Å². The number of hydrogen-bond donors (Lipinski definition) is 2. The van der Waals surface area contributed by atoms with Crippen LogP contribution < -0.4 is 10.6 Å². The van der Waals surface area contributed by atoms with E-state index in [1.165, 1.54) is 5.56 Å². The second-order valence-corrected chi connectivity index (χ2v) is 5.58. The molecule has 0 aromatic carbocycles. The maximum absolute atomic E-state index is 4.24. The lowest BCUT2D eigenvalue weighted by atomic mass is 10.1. The molecule has 7 heteroatoms. The number of nitrogens with one attached hydrogen (secondary N) is 2. The van der Waals surface area contributed by atoms with Crippen molar-refractivity contribution in [2.45, 2.75) is 32.9 Å². The summed E-state index contributed by atoms with van der Waals surface area (Å²) in [4.78, 5) is 4.24. The van der Waals surface area contributed by atoms with Crippen LogP contribution in [0.2, 0.25) is 0 Å².